The van der Waals surface area contributed by atoms with Gasteiger partial charge < -0.3 is 14.3 Å². The zero-order chi connectivity index (χ0) is 19.8. The van der Waals surface area contributed by atoms with Gasteiger partial charge in [-0.15, -0.1) is 0 Å². The van der Waals surface area contributed by atoms with Gasteiger partial charge in [0, 0.05) is 30.6 Å². The highest BCUT2D eigenvalue weighted by atomic mass is 16.6. The number of hydrogen-bond acceptors (Lipinski definition) is 6. The fourth-order valence-electron chi connectivity index (χ4n) is 3.35. The summed E-state index contributed by atoms with van der Waals surface area (Å²) in [6.45, 7) is 5.03. The number of hydrogen-bond donors (Lipinski definition) is 1. The average Bonchev–Trinajstić information content (AvgIpc) is 3.11. The van der Waals surface area contributed by atoms with Gasteiger partial charge in [-0.25, -0.2) is 9.78 Å². The lowest BCUT2D eigenvalue weighted by molar-refractivity contribution is -0.384. The summed E-state index contributed by atoms with van der Waals surface area (Å²) in [7, 11) is 0. The van der Waals surface area contributed by atoms with Crippen molar-refractivity contribution < 1.29 is 9.34 Å². The highest BCUT2D eigenvalue weighted by molar-refractivity contribution is 5.89. The summed E-state index contributed by atoms with van der Waals surface area (Å²) in [5.41, 5.74) is 1.90. The third-order valence-corrected chi connectivity index (χ3v) is 4.77. The van der Waals surface area contributed by atoms with Gasteiger partial charge in [-0.3, -0.25) is 10.1 Å². The summed E-state index contributed by atoms with van der Waals surface area (Å²) in [5, 5.41) is 12.1. The first-order valence-corrected chi connectivity index (χ1v) is 8.98. The van der Waals surface area contributed by atoms with E-state index in [9.17, 15) is 14.9 Å². The van der Waals surface area contributed by atoms with Crippen LogP contribution < -0.4 is 10.5 Å². The van der Waals surface area contributed by atoms with Gasteiger partial charge in [0.05, 0.1) is 16.0 Å². The molecule has 142 valence electrons. The second-order valence-electron chi connectivity index (χ2n) is 6.36. The van der Waals surface area contributed by atoms with Crippen LogP contribution in [0.15, 0.2) is 51.7 Å². The van der Waals surface area contributed by atoms with Crippen LogP contribution in [-0.4, -0.2) is 28.0 Å². The number of benzene rings is 2. The molecule has 2 aromatic heterocycles. The van der Waals surface area contributed by atoms with Crippen LogP contribution in [0.5, 0.6) is 0 Å². The number of fused-ring (bicyclic) bond motifs is 2. The molecule has 0 fully saturated rings. The predicted octanol–water partition coefficient (Wildman–Crippen LogP) is 4.09. The minimum Gasteiger partial charge on any atom is -0.422 e. The smallest absolute Gasteiger partial charge is 0.347 e. The molecule has 0 aliphatic carbocycles. The zero-order valence-corrected chi connectivity index (χ0v) is 15.4. The summed E-state index contributed by atoms with van der Waals surface area (Å²) in [6.07, 6.45) is 0. The molecule has 2 heterocycles. The molecule has 0 aliphatic heterocycles. The van der Waals surface area contributed by atoms with Gasteiger partial charge >= 0.3 is 5.63 Å². The number of rotatable bonds is 5. The minimum atomic E-state index is -0.550. The van der Waals surface area contributed by atoms with E-state index in [1.165, 1.54) is 6.07 Å². The molecule has 0 saturated carbocycles. The lowest BCUT2D eigenvalue weighted by atomic mass is 10.1. The molecular formula is C20H18N4O4. The maximum Gasteiger partial charge on any atom is 0.347 e. The fourth-order valence-corrected chi connectivity index (χ4v) is 3.35. The molecule has 2 aromatic carbocycles. The molecule has 8 heteroatoms. The maximum atomic E-state index is 12.6. The highest BCUT2D eigenvalue weighted by Gasteiger charge is 2.21. The van der Waals surface area contributed by atoms with E-state index in [1.54, 1.807) is 12.1 Å². The molecule has 0 radical (unpaired) electrons. The van der Waals surface area contributed by atoms with E-state index in [0.29, 0.717) is 35.6 Å². The summed E-state index contributed by atoms with van der Waals surface area (Å²) in [5.74, 6) is 0.368. The summed E-state index contributed by atoms with van der Waals surface area (Å²) >= 11 is 0. The van der Waals surface area contributed by atoms with Crippen molar-refractivity contribution in [2.24, 2.45) is 0 Å². The van der Waals surface area contributed by atoms with E-state index >= 15 is 0 Å². The Hall–Kier alpha value is -3.68. The quantitative estimate of drug-likeness (QED) is 0.318. The number of imidazole rings is 1. The van der Waals surface area contributed by atoms with E-state index in [-0.39, 0.29) is 11.3 Å². The number of nitrogens with zero attached hydrogens (tertiary/aromatic N) is 3. The Morgan fingerprint density at radius 2 is 1.93 bits per heavy atom. The van der Waals surface area contributed by atoms with Crippen molar-refractivity contribution in [3.05, 3.63) is 63.0 Å². The maximum absolute atomic E-state index is 12.6. The minimum absolute atomic E-state index is 0.0272. The van der Waals surface area contributed by atoms with E-state index in [4.69, 9.17) is 4.42 Å². The van der Waals surface area contributed by atoms with E-state index < -0.39 is 10.5 Å². The number of aromatic nitrogens is 2. The number of aromatic amines is 1. The van der Waals surface area contributed by atoms with Crippen molar-refractivity contribution in [2.45, 2.75) is 13.8 Å². The Morgan fingerprint density at radius 3 is 2.61 bits per heavy atom. The highest BCUT2D eigenvalue weighted by Crippen LogP contribution is 2.33. The topological polar surface area (TPSA) is 105 Å². The lowest BCUT2D eigenvalue weighted by Gasteiger charge is -2.20. The Balaban J connectivity index is 1.93. The van der Waals surface area contributed by atoms with Crippen LogP contribution in [0, 0.1) is 10.1 Å². The molecular weight excluding hydrogens is 360 g/mol. The lowest BCUT2D eigenvalue weighted by Crippen LogP contribution is -2.22. The number of nitro benzene ring substituents is 1. The molecule has 0 bridgehead atoms. The van der Waals surface area contributed by atoms with Gasteiger partial charge in [0.25, 0.3) is 5.69 Å². The molecule has 0 saturated heterocycles. The van der Waals surface area contributed by atoms with E-state index in [1.807, 2.05) is 43.0 Å². The Kier molecular flexibility index (Phi) is 4.31. The van der Waals surface area contributed by atoms with Crippen molar-refractivity contribution >= 4 is 33.4 Å². The van der Waals surface area contributed by atoms with Gasteiger partial charge in [-0.2, -0.15) is 0 Å². The number of nitro groups is 1. The molecule has 0 spiro atoms. The zero-order valence-electron chi connectivity index (χ0n) is 15.4. The standard InChI is InChI=1S/C20H18N4O4/c1-3-23(4-2)16-11-18-12(10-17(16)24(26)27)9-13(20(25)28-18)19-21-14-7-5-6-8-15(14)22-19/h5-11H,3-4H2,1-2H3,(H,21,22). The molecule has 4 rings (SSSR count). The van der Waals surface area contributed by atoms with Crippen molar-refractivity contribution in [3.63, 3.8) is 0 Å². The predicted molar refractivity (Wildman–Crippen MR) is 108 cm³/mol. The molecule has 0 amide bonds. The third kappa shape index (κ3) is 2.88. The number of nitrogens with one attached hydrogen (secondary N) is 1. The van der Waals surface area contributed by atoms with Crippen LogP contribution in [0.4, 0.5) is 11.4 Å². The SMILES string of the molecule is CCN(CC)c1cc2oc(=O)c(-c3nc4ccccc4[nH]3)cc2cc1[N+](=O)[O-]. The fraction of sp³-hybridized carbons (Fsp3) is 0.200. The van der Waals surface area contributed by atoms with Crippen molar-refractivity contribution in [2.75, 3.05) is 18.0 Å². The van der Waals surface area contributed by atoms with Crippen molar-refractivity contribution in [3.8, 4) is 11.4 Å². The summed E-state index contributed by atoms with van der Waals surface area (Å²) in [6, 6.07) is 12.0. The van der Waals surface area contributed by atoms with Crippen LogP contribution in [0.25, 0.3) is 33.4 Å². The largest absolute Gasteiger partial charge is 0.422 e. The molecule has 0 atom stereocenters. The molecule has 0 aliphatic rings. The van der Waals surface area contributed by atoms with Crippen molar-refractivity contribution in [1.82, 2.24) is 9.97 Å². The average molecular weight is 378 g/mol. The van der Waals surface area contributed by atoms with Gasteiger partial charge in [0.15, 0.2) is 0 Å². The molecule has 4 aromatic rings. The van der Waals surface area contributed by atoms with Crippen LogP contribution in [0.3, 0.4) is 0 Å². The number of anilines is 1. The molecule has 8 nitrogen and oxygen atoms in total. The van der Waals surface area contributed by atoms with Crippen LogP contribution in [0.1, 0.15) is 13.8 Å². The van der Waals surface area contributed by atoms with E-state index in [2.05, 4.69) is 9.97 Å². The molecule has 0 unspecified atom stereocenters. The first-order valence-electron chi connectivity index (χ1n) is 8.98. The number of para-hydroxylation sites is 2. The Bertz CT molecular complexity index is 1220. The van der Waals surface area contributed by atoms with Crippen molar-refractivity contribution in [1.29, 1.82) is 0 Å². The first-order chi connectivity index (χ1) is 13.5. The summed E-state index contributed by atoms with van der Waals surface area (Å²) < 4.78 is 5.49. The van der Waals surface area contributed by atoms with Gasteiger partial charge in [-0.1, -0.05) is 12.1 Å². The van der Waals surface area contributed by atoms with Crippen LogP contribution >= 0.6 is 0 Å². The third-order valence-electron chi connectivity index (χ3n) is 4.77. The number of H-pyrrole nitrogens is 1. The Labute approximate surface area is 159 Å². The van der Waals surface area contributed by atoms with Gasteiger partial charge in [0.1, 0.15) is 22.7 Å². The van der Waals surface area contributed by atoms with Gasteiger partial charge in [-0.05, 0) is 32.0 Å². The first kappa shape index (κ1) is 17.7. The second-order valence-corrected chi connectivity index (χ2v) is 6.36. The van der Waals surface area contributed by atoms with Crippen LogP contribution in [0.2, 0.25) is 0 Å². The van der Waals surface area contributed by atoms with Gasteiger partial charge in [0.2, 0.25) is 0 Å². The second kappa shape index (κ2) is 6.80. The molecule has 1 N–H and O–H groups in total. The van der Waals surface area contributed by atoms with Crippen LogP contribution in [-0.2, 0) is 0 Å². The Morgan fingerprint density at radius 1 is 1.18 bits per heavy atom. The molecule has 28 heavy (non-hydrogen) atoms. The van der Waals surface area contributed by atoms with E-state index in [0.717, 1.165) is 11.0 Å². The summed E-state index contributed by atoms with van der Waals surface area (Å²) in [4.78, 5) is 33.1. The monoisotopic (exact) mass is 378 g/mol. The normalized spacial score (nSPS) is 11.2.